The van der Waals surface area contributed by atoms with Crippen molar-refractivity contribution in [1.29, 1.82) is 0 Å². The van der Waals surface area contributed by atoms with Gasteiger partial charge in [-0.3, -0.25) is 0 Å². The molecule has 2 N–H and O–H groups in total. The Morgan fingerprint density at radius 1 is 1.19 bits per heavy atom. The summed E-state index contributed by atoms with van der Waals surface area (Å²) in [5, 5.41) is 13.7. The van der Waals surface area contributed by atoms with Crippen molar-refractivity contribution in [1.82, 2.24) is 5.32 Å². The molecule has 0 saturated carbocycles. The van der Waals surface area contributed by atoms with E-state index in [1.54, 1.807) is 0 Å². The van der Waals surface area contributed by atoms with Crippen LogP contribution in [0.3, 0.4) is 0 Å². The summed E-state index contributed by atoms with van der Waals surface area (Å²) in [6.07, 6.45) is 0. The van der Waals surface area contributed by atoms with Crippen LogP contribution in [0.5, 0.6) is 0 Å². The molecule has 0 bridgehead atoms. The van der Waals surface area contributed by atoms with Crippen LogP contribution in [0.1, 0.15) is 47.1 Å². The maximum Gasteiger partial charge on any atom is 0.0765 e. The van der Waals surface area contributed by atoms with Gasteiger partial charge in [0.05, 0.1) is 5.60 Å². The van der Waals surface area contributed by atoms with Gasteiger partial charge in [-0.2, -0.15) is 0 Å². The molecule has 120 valence electrons. The van der Waals surface area contributed by atoms with Crippen molar-refractivity contribution in [3.05, 3.63) is 28.2 Å². The second-order valence-corrected chi connectivity index (χ2v) is 8.12. The van der Waals surface area contributed by atoms with E-state index >= 15 is 0 Å². The maximum absolute atomic E-state index is 10.1. The fraction of sp³-hybridized carbons (Fsp3) is 0.647. The number of benzene rings is 1. The minimum absolute atomic E-state index is 0.0763. The first-order valence-corrected chi connectivity index (χ1v) is 8.32. The van der Waals surface area contributed by atoms with Crippen molar-refractivity contribution in [2.45, 2.75) is 59.2 Å². The molecule has 1 rings (SSSR count). The van der Waals surface area contributed by atoms with E-state index in [2.05, 4.69) is 72.0 Å². The van der Waals surface area contributed by atoms with Gasteiger partial charge in [-0.1, -0.05) is 15.9 Å². The maximum atomic E-state index is 10.1. The van der Waals surface area contributed by atoms with E-state index in [0.29, 0.717) is 6.54 Å². The van der Waals surface area contributed by atoms with Crippen molar-refractivity contribution >= 4 is 21.6 Å². The molecule has 0 aliphatic rings. The normalized spacial score (nSPS) is 12.6. The lowest BCUT2D eigenvalue weighted by Gasteiger charge is -2.32. The van der Waals surface area contributed by atoms with Gasteiger partial charge >= 0.3 is 0 Å². The summed E-state index contributed by atoms with van der Waals surface area (Å²) >= 11 is 3.55. The molecule has 0 amide bonds. The molecule has 0 aromatic heterocycles. The highest BCUT2D eigenvalue weighted by Crippen LogP contribution is 2.26. The fourth-order valence-corrected chi connectivity index (χ4v) is 2.61. The molecule has 4 heteroatoms. The van der Waals surface area contributed by atoms with Gasteiger partial charge in [0.15, 0.2) is 0 Å². The molecule has 1 aromatic rings. The smallest absolute Gasteiger partial charge is 0.0765 e. The van der Waals surface area contributed by atoms with E-state index in [1.807, 2.05) is 13.8 Å². The molecule has 0 heterocycles. The number of halogens is 1. The standard InChI is InChI=1S/C17H29BrN2O/c1-7-20(12-17(5,6)21)15-9-8-14(18)10-13(15)11-19-16(2,3)4/h8-10,19,21H,7,11-12H2,1-6H3. The van der Waals surface area contributed by atoms with Gasteiger partial charge in [-0.25, -0.2) is 0 Å². The lowest BCUT2D eigenvalue weighted by atomic mass is 10.1. The second kappa shape index (κ2) is 7.12. The third kappa shape index (κ3) is 6.81. The molecule has 0 fully saturated rings. The Kier molecular flexibility index (Phi) is 6.26. The predicted octanol–water partition coefficient (Wildman–Crippen LogP) is 3.93. The number of nitrogens with one attached hydrogen (secondary N) is 1. The van der Waals surface area contributed by atoms with E-state index in [4.69, 9.17) is 0 Å². The molecule has 0 atom stereocenters. The lowest BCUT2D eigenvalue weighted by molar-refractivity contribution is 0.0875. The average molecular weight is 357 g/mol. The van der Waals surface area contributed by atoms with Crippen molar-refractivity contribution in [3.8, 4) is 0 Å². The minimum atomic E-state index is -0.711. The van der Waals surface area contributed by atoms with Crippen LogP contribution in [0.2, 0.25) is 0 Å². The first-order chi connectivity index (χ1) is 9.52. The topological polar surface area (TPSA) is 35.5 Å². The molecule has 0 aliphatic heterocycles. The lowest BCUT2D eigenvalue weighted by Crippen LogP contribution is -2.40. The molecule has 0 radical (unpaired) electrons. The number of likely N-dealkylation sites (N-methyl/N-ethyl adjacent to an activating group) is 1. The van der Waals surface area contributed by atoms with Crippen LogP contribution in [0.25, 0.3) is 0 Å². The Morgan fingerprint density at radius 3 is 2.29 bits per heavy atom. The number of hydrogen-bond donors (Lipinski definition) is 2. The van der Waals surface area contributed by atoms with E-state index < -0.39 is 5.60 Å². The molecule has 0 unspecified atom stereocenters. The Balaban J connectivity index is 3.04. The Bertz CT molecular complexity index is 461. The van der Waals surface area contributed by atoms with Gasteiger partial charge in [-0.05, 0) is 65.3 Å². The number of anilines is 1. The Morgan fingerprint density at radius 2 is 1.81 bits per heavy atom. The van der Waals surface area contributed by atoms with Gasteiger partial charge in [-0.15, -0.1) is 0 Å². The second-order valence-electron chi connectivity index (χ2n) is 7.20. The van der Waals surface area contributed by atoms with Gasteiger partial charge in [0.25, 0.3) is 0 Å². The quantitative estimate of drug-likeness (QED) is 0.810. The largest absolute Gasteiger partial charge is 0.389 e. The predicted molar refractivity (Wildman–Crippen MR) is 94.9 cm³/mol. The average Bonchev–Trinajstić information content (AvgIpc) is 2.32. The van der Waals surface area contributed by atoms with Crippen LogP contribution in [0.4, 0.5) is 5.69 Å². The monoisotopic (exact) mass is 356 g/mol. The van der Waals surface area contributed by atoms with Crippen LogP contribution in [-0.2, 0) is 6.54 Å². The molecule has 0 saturated heterocycles. The zero-order valence-electron chi connectivity index (χ0n) is 14.1. The van der Waals surface area contributed by atoms with Gasteiger partial charge < -0.3 is 15.3 Å². The summed E-state index contributed by atoms with van der Waals surface area (Å²) in [6, 6.07) is 6.34. The Hall–Kier alpha value is -0.580. The Labute approximate surface area is 137 Å². The van der Waals surface area contributed by atoms with Gasteiger partial charge in [0, 0.05) is 35.3 Å². The SMILES string of the molecule is CCN(CC(C)(C)O)c1ccc(Br)cc1CNC(C)(C)C. The van der Waals surface area contributed by atoms with Crippen LogP contribution < -0.4 is 10.2 Å². The van der Waals surface area contributed by atoms with Crippen molar-refractivity contribution in [3.63, 3.8) is 0 Å². The minimum Gasteiger partial charge on any atom is -0.389 e. The van der Waals surface area contributed by atoms with Gasteiger partial charge in [0.2, 0.25) is 0 Å². The number of rotatable bonds is 6. The van der Waals surface area contributed by atoms with E-state index in [-0.39, 0.29) is 5.54 Å². The zero-order valence-corrected chi connectivity index (χ0v) is 15.7. The summed E-state index contributed by atoms with van der Waals surface area (Å²) < 4.78 is 1.08. The third-order valence-corrected chi connectivity index (χ3v) is 3.64. The number of nitrogens with zero attached hydrogens (tertiary/aromatic N) is 1. The van der Waals surface area contributed by atoms with E-state index in [0.717, 1.165) is 17.6 Å². The van der Waals surface area contributed by atoms with Crippen molar-refractivity contribution in [2.24, 2.45) is 0 Å². The summed E-state index contributed by atoms with van der Waals surface area (Å²) in [6.45, 7) is 14.6. The summed E-state index contributed by atoms with van der Waals surface area (Å²) in [5.74, 6) is 0. The van der Waals surface area contributed by atoms with E-state index in [9.17, 15) is 5.11 Å². The van der Waals surface area contributed by atoms with Crippen LogP contribution in [0, 0.1) is 0 Å². The third-order valence-electron chi connectivity index (χ3n) is 3.15. The highest BCUT2D eigenvalue weighted by molar-refractivity contribution is 9.10. The molecular formula is C17H29BrN2O. The van der Waals surface area contributed by atoms with Gasteiger partial charge in [0.1, 0.15) is 0 Å². The van der Waals surface area contributed by atoms with Crippen molar-refractivity contribution in [2.75, 3.05) is 18.0 Å². The summed E-state index contributed by atoms with van der Waals surface area (Å²) in [5.41, 5.74) is 1.79. The molecular weight excluding hydrogens is 328 g/mol. The first kappa shape index (κ1) is 18.5. The fourth-order valence-electron chi connectivity index (χ4n) is 2.20. The van der Waals surface area contributed by atoms with Crippen LogP contribution >= 0.6 is 15.9 Å². The molecule has 0 aliphatic carbocycles. The van der Waals surface area contributed by atoms with E-state index in [1.165, 1.54) is 11.3 Å². The van der Waals surface area contributed by atoms with Crippen LogP contribution in [-0.4, -0.2) is 29.3 Å². The molecule has 21 heavy (non-hydrogen) atoms. The summed E-state index contributed by atoms with van der Waals surface area (Å²) in [4.78, 5) is 2.23. The molecule has 0 spiro atoms. The number of aliphatic hydroxyl groups is 1. The highest BCUT2D eigenvalue weighted by atomic mass is 79.9. The van der Waals surface area contributed by atoms with Crippen molar-refractivity contribution < 1.29 is 5.11 Å². The highest BCUT2D eigenvalue weighted by Gasteiger charge is 2.20. The first-order valence-electron chi connectivity index (χ1n) is 7.52. The van der Waals surface area contributed by atoms with Crippen LogP contribution in [0.15, 0.2) is 22.7 Å². The molecule has 3 nitrogen and oxygen atoms in total. The summed E-state index contributed by atoms with van der Waals surface area (Å²) in [7, 11) is 0. The zero-order chi connectivity index (χ0) is 16.3. The number of hydrogen-bond acceptors (Lipinski definition) is 3. The molecule has 1 aromatic carbocycles.